The molecule has 4 heteroatoms. The molecule has 0 aromatic heterocycles. The van der Waals surface area contributed by atoms with Crippen molar-refractivity contribution >= 4 is 5.91 Å². The highest BCUT2D eigenvalue weighted by molar-refractivity contribution is 5.78. The lowest BCUT2D eigenvalue weighted by Gasteiger charge is -2.36. The van der Waals surface area contributed by atoms with Crippen molar-refractivity contribution in [1.29, 1.82) is 0 Å². The van der Waals surface area contributed by atoms with E-state index in [1.807, 2.05) is 11.8 Å². The number of morpholine rings is 1. The zero-order valence-electron chi connectivity index (χ0n) is 11.8. The molecular formula is C13H26N2O2. The van der Waals surface area contributed by atoms with E-state index in [0.29, 0.717) is 13.2 Å². The van der Waals surface area contributed by atoms with Crippen LogP contribution in [0.5, 0.6) is 0 Å². The van der Waals surface area contributed by atoms with E-state index in [1.54, 1.807) is 0 Å². The first-order valence-corrected chi connectivity index (χ1v) is 6.38. The van der Waals surface area contributed by atoms with Gasteiger partial charge in [0.2, 0.25) is 5.91 Å². The van der Waals surface area contributed by atoms with Gasteiger partial charge in [0, 0.05) is 24.5 Å². The second-order valence-electron chi connectivity index (χ2n) is 5.75. The number of hydrogen-bond acceptors (Lipinski definition) is 3. The van der Waals surface area contributed by atoms with Crippen molar-refractivity contribution in [2.24, 2.45) is 5.92 Å². The molecule has 0 aromatic rings. The van der Waals surface area contributed by atoms with E-state index < -0.39 is 0 Å². The van der Waals surface area contributed by atoms with Crippen LogP contribution in [0.25, 0.3) is 0 Å². The molecule has 1 rings (SSSR count). The van der Waals surface area contributed by atoms with Gasteiger partial charge in [-0.1, -0.05) is 6.92 Å². The minimum Gasteiger partial charge on any atom is -0.378 e. The van der Waals surface area contributed by atoms with Crippen LogP contribution in [-0.2, 0) is 9.53 Å². The molecule has 4 nitrogen and oxygen atoms in total. The van der Waals surface area contributed by atoms with Crippen molar-refractivity contribution in [3.8, 4) is 0 Å². The van der Waals surface area contributed by atoms with Crippen molar-refractivity contribution in [1.82, 2.24) is 9.80 Å². The number of carbonyl (C=O) groups is 1. The van der Waals surface area contributed by atoms with Gasteiger partial charge in [-0.05, 0) is 34.4 Å². The van der Waals surface area contributed by atoms with Crippen molar-refractivity contribution in [2.75, 3.05) is 40.4 Å². The highest BCUT2D eigenvalue weighted by Gasteiger charge is 2.29. The van der Waals surface area contributed by atoms with Gasteiger partial charge in [-0.3, -0.25) is 4.79 Å². The summed E-state index contributed by atoms with van der Waals surface area (Å²) >= 11 is 0. The maximum atomic E-state index is 12.3. The molecule has 1 fully saturated rings. The summed E-state index contributed by atoms with van der Waals surface area (Å²) < 4.78 is 5.27. The molecule has 0 saturated carbocycles. The Labute approximate surface area is 105 Å². The lowest BCUT2D eigenvalue weighted by molar-refractivity contribution is -0.140. The summed E-state index contributed by atoms with van der Waals surface area (Å²) in [7, 11) is 4.12. The number of ether oxygens (including phenoxy) is 1. The molecule has 0 N–H and O–H groups in total. The summed E-state index contributed by atoms with van der Waals surface area (Å²) in [5.41, 5.74) is 0.0569. The van der Waals surface area contributed by atoms with Crippen molar-refractivity contribution in [3.63, 3.8) is 0 Å². The van der Waals surface area contributed by atoms with Crippen LogP contribution in [0.4, 0.5) is 0 Å². The van der Waals surface area contributed by atoms with Gasteiger partial charge in [0.25, 0.3) is 0 Å². The minimum atomic E-state index is 0.0569. The smallest absolute Gasteiger partial charge is 0.225 e. The van der Waals surface area contributed by atoms with Crippen LogP contribution in [0.1, 0.15) is 27.2 Å². The second kappa shape index (κ2) is 5.83. The lowest BCUT2D eigenvalue weighted by Crippen LogP contribution is -2.46. The molecule has 100 valence electrons. The highest BCUT2D eigenvalue weighted by atomic mass is 16.5. The molecule has 0 aliphatic carbocycles. The molecule has 1 unspecified atom stereocenters. The van der Waals surface area contributed by atoms with Crippen LogP contribution in [0.2, 0.25) is 0 Å². The Bertz CT molecular complexity index is 258. The van der Waals surface area contributed by atoms with Crippen LogP contribution in [0, 0.1) is 5.92 Å². The summed E-state index contributed by atoms with van der Waals surface area (Å²) in [6, 6.07) is 0. The van der Waals surface area contributed by atoms with Gasteiger partial charge < -0.3 is 14.5 Å². The van der Waals surface area contributed by atoms with Crippen LogP contribution >= 0.6 is 0 Å². The van der Waals surface area contributed by atoms with Gasteiger partial charge >= 0.3 is 0 Å². The van der Waals surface area contributed by atoms with Gasteiger partial charge in [-0.25, -0.2) is 0 Å². The molecule has 17 heavy (non-hydrogen) atoms. The molecule has 0 aromatic carbocycles. The first kappa shape index (κ1) is 14.5. The predicted molar refractivity (Wildman–Crippen MR) is 68.9 cm³/mol. The van der Waals surface area contributed by atoms with Gasteiger partial charge in [-0.15, -0.1) is 0 Å². The SMILES string of the molecule is CC(CC(C)(C)N(C)C)C(=O)N1CCOCC1. The quantitative estimate of drug-likeness (QED) is 0.743. The van der Waals surface area contributed by atoms with Crippen molar-refractivity contribution < 1.29 is 9.53 Å². The molecule has 0 spiro atoms. The predicted octanol–water partition coefficient (Wildman–Crippen LogP) is 1.21. The Morgan fingerprint density at radius 2 is 1.88 bits per heavy atom. The summed E-state index contributed by atoms with van der Waals surface area (Å²) in [6.45, 7) is 9.22. The summed E-state index contributed by atoms with van der Waals surface area (Å²) in [5.74, 6) is 0.341. The third kappa shape index (κ3) is 3.96. The average Bonchev–Trinajstić information content (AvgIpc) is 2.28. The van der Waals surface area contributed by atoms with E-state index in [4.69, 9.17) is 4.74 Å². The Balaban J connectivity index is 2.51. The fourth-order valence-corrected chi connectivity index (χ4v) is 2.11. The molecule has 0 radical (unpaired) electrons. The third-order valence-electron chi connectivity index (χ3n) is 3.76. The molecular weight excluding hydrogens is 216 g/mol. The Morgan fingerprint density at radius 3 is 2.35 bits per heavy atom. The van der Waals surface area contributed by atoms with Crippen molar-refractivity contribution in [2.45, 2.75) is 32.7 Å². The molecule has 1 atom stereocenters. The van der Waals surface area contributed by atoms with E-state index in [2.05, 4.69) is 32.8 Å². The normalized spacial score (nSPS) is 19.5. The van der Waals surface area contributed by atoms with E-state index in [1.165, 1.54) is 0 Å². The number of rotatable bonds is 4. The Hall–Kier alpha value is -0.610. The maximum Gasteiger partial charge on any atom is 0.225 e. The average molecular weight is 242 g/mol. The third-order valence-corrected chi connectivity index (χ3v) is 3.76. The maximum absolute atomic E-state index is 12.3. The lowest BCUT2D eigenvalue weighted by atomic mass is 9.89. The van der Waals surface area contributed by atoms with E-state index in [9.17, 15) is 4.79 Å². The molecule has 1 amide bonds. The van der Waals surface area contributed by atoms with Crippen LogP contribution < -0.4 is 0 Å². The zero-order valence-corrected chi connectivity index (χ0v) is 11.8. The topological polar surface area (TPSA) is 32.8 Å². The molecule has 1 aliphatic heterocycles. The van der Waals surface area contributed by atoms with Crippen LogP contribution in [0.3, 0.4) is 0 Å². The molecule has 0 bridgehead atoms. The Kier molecular flexibility index (Phi) is 4.95. The largest absolute Gasteiger partial charge is 0.378 e. The van der Waals surface area contributed by atoms with Gasteiger partial charge in [0.15, 0.2) is 0 Å². The number of nitrogens with zero attached hydrogens (tertiary/aromatic N) is 2. The zero-order chi connectivity index (χ0) is 13.1. The van der Waals surface area contributed by atoms with E-state index in [0.717, 1.165) is 19.5 Å². The van der Waals surface area contributed by atoms with Crippen molar-refractivity contribution in [3.05, 3.63) is 0 Å². The molecule has 1 heterocycles. The summed E-state index contributed by atoms with van der Waals surface area (Å²) in [6.07, 6.45) is 0.885. The van der Waals surface area contributed by atoms with Crippen LogP contribution in [-0.4, -0.2) is 61.6 Å². The number of carbonyl (C=O) groups excluding carboxylic acids is 1. The monoisotopic (exact) mass is 242 g/mol. The minimum absolute atomic E-state index is 0.0569. The summed E-state index contributed by atoms with van der Waals surface area (Å²) in [5, 5.41) is 0. The fourth-order valence-electron chi connectivity index (χ4n) is 2.11. The first-order chi connectivity index (χ1) is 7.84. The second-order valence-corrected chi connectivity index (χ2v) is 5.75. The highest BCUT2D eigenvalue weighted by Crippen LogP contribution is 2.22. The standard InChI is InChI=1S/C13H26N2O2/c1-11(10-13(2,3)14(4)5)12(16)15-6-8-17-9-7-15/h11H,6-10H2,1-5H3. The van der Waals surface area contributed by atoms with E-state index in [-0.39, 0.29) is 17.4 Å². The fraction of sp³-hybridized carbons (Fsp3) is 0.923. The first-order valence-electron chi connectivity index (χ1n) is 6.38. The van der Waals surface area contributed by atoms with E-state index >= 15 is 0 Å². The number of amides is 1. The van der Waals surface area contributed by atoms with Gasteiger partial charge in [-0.2, -0.15) is 0 Å². The molecule has 1 saturated heterocycles. The van der Waals surface area contributed by atoms with Gasteiger partial charge in [0.05, 0.1) is 13.2 Å². The van der Waals surface area contributed by atoms with Gasteiger partial charge in [0.1, 0.15) is 0 Å². The van der Waals surface area contributed by atoms with Crippen LogP contribution in [0.15, 0.2) is 0 Å². The Morgan fingerprint density at radius 1 is 1.35 bits per heavy atom. The summed E-state index contributed by atoms with van der Waals surface area (Å²) in [4.78, 5) is 16.4. The molecule has 1 aliphatic rings. The number of hydrogen-bond donors (Lipinski definition) is 0.